The van der Waals surface area contributed by atoms with Crippen LogP contribution in [-0.4, -0.2) is 39.3 Å². The van der Waals surface area contributed by atoms with Gasteiger partial charge in [0.25, 0.3) is 0 Å². The first-order chi connectivity index (χ1) is 10.9. The number of unbranched alkanes of at least 4 members (excludes halogenated alkanes) is 2. The van der Waals surface area contributed by atoms with Gasteiger partial charge in [-0.05, 0) is 38.2 Å². The lowest BCUT2D eigenvalue weighted by Gasteiger charge is -2.11. The minimum absolute atomic E-state index is 0. The van der Waals surface area contributed by atoms with E-state index in [2.05, 4.69) is 46.0 Å². The summed E-state index contributed by atoms with van der Waals surface area (Å²) in [6.45, 7) is 5.48. The molecule has 4 nitrogen and oxygen atoms in total. The fourth-order valence-electron chi connectivity index (χ4n) is 2.23. The Morgan fingerprint density at radius 1 is 1.00 bits per heavy atom. The largest absolute Gasteiger partial charge is 0.382 e. The summed E-state index contributed by atoms with van der Waals surface area (Å²) in [6, 6.07) is 10.7. The molecule has 1 rings (SSSR count). The molecule has 0 saturated carbocycles. The van der Waals surface area contributed by atoms with Gasteiger partial charge in [0.2, 0.25) is 0 Å². The van der Waals surface area contributed by atoms with Gasteiger partial charge in [0.15, 0.2) is 5.96 Å². The molecule has 0 bridgehead atoms. The molecular formula is C18H32IN3O. The lowest BCUT2D eigenvalue weighted by molar-refractivity contribution is 0.145. The Morgan fingerprint density at radius 3 is 2.35 bits per heavy atom. The van der Waals surface area contributed by atoms with E-state index in [1.807, 2.05) is 14.0 Å². The van der Waals surface area contributed by atoms with Crippen LogP contribution in [0.25, 0.3) is 0 Å². The van der Waals surface area contributed by atoms with Crippen LogP contribution in [0, 0.1) is 0 Å². The van der Waals surface area contributed by atoms with E-state index in [-0.39, 0.29) is 24.0 Å². The van der Waals surface area contributed by atoms with E-state index < -0.39 is 0 Å². The summed E-state index contributed by atoms with van der Waals surface area (Å²) in [5.41, 5.74) is 1.43. The monoisotopic (exact) mass is 433 g/mol. The minimum atomic E-state index is 0. The number of ether oxygens (including phenoxy) is 1. The van der Waals surface area contributed by atoms with E-state index in [1.54, 1.807) is 0 Å². The van der Waals surface area contributed by atoms with Gasteiger partial charge in [-0.2, -0.15) is 0 Å². The van der Waals surface area contributed by atoms with Crippen molar-refractivity contribution in [2.24, 2.45) is 4.99 Å². The zero-order chi connectivity index (χ0) is 15.9. The molecule has 0 radical (unpaired) electrons. The highest BCUT2D eigenvalue weighted by Crippen LogP contribution is 2.05. The molecule has 0 unspecified atom stereocenters. The molecule has 0 spiro atoms. The van der Waals surface area contributed by atoms with Crippen molar-refractivity contribution < 1.29 is 4.74 Å². The molecule has 0 saturated heterocycles. The van der Waals surface area contributed by atoms with Crippen LogP contribution in [0.4, 0.5) is 0 Å². The van der Waals surface area contributed by atoms with Crippen molar-refractivity contribution in [3.8, 4) is 0 Å². The van der Waals surface area contributed by atoms with Gasteiger partial charge in [0.1, 0.15) is 0 Å². The average molecular weight is 433 g/mol. The van der Waals surface area contributed by atoms with E-state index in [0.29, 0.717) is 0 Å². The number of nitrogens with one attached hydrogen (secondary N) is 2. The fraction of sp³-hybridized carbons (Fsp3) is 0.611. The molecule has 1 aromatic carbocycles. The number of aryl methyl sites for hydroxylation is 1. The predicted molar refractivity (Wildman–Crippen MR) is 110 cm³/mol. The van der Waals surface area contributed by atoms with Gasteiger partial charge in [-0.25, -0.2) is 0 Å². The normalized spacial score (nSPS) is 11.0. The van der Waals surface area contributed by atoms with Gasteiger partial charge in [-0.15, -0.1) is 24.0 Å². The van der Waals surface area contributed by atoms with Crippen molar-refractivity contribution in [1.82, 2.24) is 10.6 Å². The Labute approximate surface area is 158 Å². The minimum Gasteiger partial charge on any atom is -0.382 e. The van der Waals surface area contributed by atoms with Crippen LogP contribution in [0.15, 0.2) is 35.3 Å². The number of halogens is 1. The highest BCUT2D eigenvalue weighted by atomic mass is 127. The molecule has 132 valence electrons. The molecular weight excluding hydrogens is 401 g/mol. The third kappa shape index (κ3) is 12.3. The molecule has 0 aliphatic carbocycles. The Hall–Kier alpha value is -0.820. The van der Waals surface area contributed by atoms with Crippen LogP contribution in [0.3, 0.4) is 0 Å². The van der Waals surface area contributed by atoms with E-state index in [1.165, 1.54) is 31.2 Å². The van der Waals surface area contributed by atoms with Crippen molar-refractivity contribution >= 4 is 29.9 Å². The van der Waals surface area contributed by atoms with E-state index in [9.17, 15) is 0 Å². The number of hydrogen-bond acceptors (Lipinski definition) is 2. The van der Waals surface area contributed by atoms with E-state index in [4.69, 9.17) is 4.74 Å². The second-order valence-corrected chi connectivity index (χ2v) is 5.27. The van der Waals surface area contributed by atoms with Crippen molar-refractivity contribution in [2.75, 3.05) is 33.4 Å². The van der Waals surface area contributed by atoms with Crippen molar-refractivity contribution in [1.29, 1.82) is 0 Å². The first kappa shape index (κ1) is 22.2. The third-order valence-electron chi connectivity index (χ3n) is 3.46. The van der Waals surface area contributed by atoms with Crippen LogP contribution < -0.4 is 10.6 Å². The van der Waals surface area contributed by atoms with Gasteiger partial charge in [-0.1, -0.05) is 36.8 Å². The quantitative estimate of drug-likeness (QED) is 0.243. The van der Waals surface area contributed by atoms with Gasteiger partial charge in [0, 0.05) is 33.4 Å². The summed E-state index contributed by atoms with van der Waals surface area (Å²) >= 11 is 0. The summed E-state index contributed by atoms with van der Waals surface area (Å²) < 4.78 is 5.31. The second-order valence-electron chi connectivity index (χ2n) is 5.27. The summed E-state index contributed by atoms with van der Waals surface area (Å²) in [6.07, 6.45) is 5.83. The van der Waals surface area contributed by atoms with Crippen molar-refractivity contribution in [3.63, 3.8) is 0 Å². The molecule has 1 aromatic rings. The molecule has 2 N–H and O–H groups in total. The number of rotatable bonds is 11. The van der Waals surface area contributed by atoms with Crippen LogP contribution in [0.2, 0.25) is 0 Å². The number of hydrogen-bond donors (Lipinski definition) is 2. The fourth-order valence-corrected chi connectivity index (χ4v) is 2.23. The number of aliphatic imine (C=N–C) groups is 1. The predicted octanol–water partition coefficient (Wildman–Crippen LogP) is 3.61. The third-order valence-corrected chi connectivity index (χ3v) is 3.46. The van der Waals surface area contributed by atoms with Crippen molar-refractivity contribution in [2.45, 2.75) is 39.0 Å². The summed E-state index contributed by atoms with van der Waals surface area (Å²) in [5.74, 6) is 0.888. The zero-order valence-corrected chi connectivity index (χ0v) is 16.8. The first-order valence-corrected chi connectivity index (χ1v) is 8.43. The maximum Gasteiger partial charge on any atom is 0.190 e. The Kier molecular flexibility index (Phi) is 15.5. The van der Waals surface area contributed by atoms with Gasteiger partial charge >= 0.3 is 0 Å². The first-order valence-electron chi connectivity index (χ1n) is 8.43. The number of benzene rings is 1. The summed E-state index contributed by atoms with van der Waals surface area (Å²) in [5, 5.41) is 6.66. The lowest BCUT2D eigenvalue weighted by Crippen LogP contribution is -2.38. The smallest absolute Gasteiger partial charge is 0.190 e. The molecule has 5 heteroatoms. The lowest BCUT2D eigenvalue weighted by atomic mass is 10.1. The van der Waals surface area contributed by atoms with Crippen LogP contribution >= 0.6 is 24.0 Å². The molecule has 0 aliphatic rings. The second kappa shape index (κ2) is 16.1. The zero-order valence-electron chi connectivity index (χ0n) is 14.5. The molecule has 0 aliphatic heterocycles. The maximum absolute atomic E-state index is 5.31. The number of nitrogens with zero attached hydrogens (tertiary/aromatic N) is 1. The number of guanidine groups is 1. The topological polar surface area (TPSA) is 45.6 Å². The highest BCUT2D eigenvalue weighted by Gasteiger charge is 1.97. The highest BCUT2D eigenvalue weighted by molar-refractivity contribution is 14.0. The molecule has 0 amide bonds. The molecule has 0 atom stereocenters. The van der Waals surface area contributed by atoms with Crippen LogP contribution in [0.5, 0.6) is 0 Å². The Bertz CT molecular complexity index is 399. The summed E-state index contributed by atoms with van der Waals surface area (Å²) in [7, 11) is 1.81. The SMILES string of the molecule is CCOCCCNC(=NC)NCCCCCc1ccccc1.I. The molecule has 0 aromatic heterocycles. The van der Waals surface area contributed by atoms with Gasteiger partial charge < -0.3 is 15.4 Å². The molecule has 23 heavy (non-hydrogen) atoms. The molecule has 0 fully saturated rings. The van der Waals surface area contributed by atoms with Crippen LogP contribution in [0.1, 0.15) is 38.2 Å². The van der Waals surface area contributed by atoms with E-state index in [0.717, 1.165) is 38.7 Å². The van der Waals surface area contributed by atoms with Gasteiger partial charge in [-0.3, -0.25) is 4.99 Å². The maximum atomic E-state index is 5.31. The Balaban J connectivity index is 0.00000484. The van der Waals surface area contributed by atoms with Crippen LogP contribution in [-0.2, 0) is 11.2 Å². The Morgan fingerprint density at radius 2 is 1.70 bits per heavy atom. The summed E-state index contributed by atoms with van der Waals surface area (Å²) in [4.78, 5) is 4.22. The van der Waals surface area contributed by atoms with E-state index >= 15 is 0 Å². The molecule has 0 heterocycles. The van der Waals surface area contributed by atoms with Gasteiger partial charge in [0.05, 0.1) is 0 Å². The van der Waals surface area contributed by atoms with Crippen molar-refractivity contribution in [3.05, 3.63) is 35.9 Å². The average Bonchev–Trinajstić information content (AvgIpc) is 2.56. The standard InChI is InChI=1S/C18H31N3O.HI/c1-3-22-16-10-15-21-18(19-2)20-14-9-5-8-13-17-11-6-4-7-12-17;/h4,6-7,11-12H,3,5,8-10,13-16H2,1-2H3,(H2,19,20,21);1H.